The molecule has 2 heteroatoms. The summed E-state index contributed by atoms with van der Waals surface area (Å²) in [5, 5.41) is 0. The molecule has 0 heterocycles. The van der Waals surface area contributed by atoms with Crippen LogP contribution in [0.5, 0.6) is 0 Å². The zero-order chi connectivity index (χ0) is 6.20. The van der Waals surface area contributed by atoms with Gasteiger partial charge in [0, 0.05) is 0 Å². The van der Waals surface area contributed by atoms with Crippen molar-refractivity contribution in [3.63, 3.8) is 0 Å². The van der Waals surface area contributed by atoms with Crippen molar-refractivity contribution in [3.05, 3.63) is 0 Å². The standard InChI is InChI=1S/C6H12Se2/c1-5-4-6(5,7-2)8-3/h5H,4H2,1-3H3. The van der Waals surface area contributed by atoms with Gasteiger partial charge in [0.05, 0.1) is 0 Å². The fraction of sp³-hybridized carbons (Fsp3) is 1.00. The molecule has 1 rings (SSSR count). The van der Waals surface area contributed by atoms with Crippen molar-refractivity contribution in [3.8, 4) is 0 Å². The molecule has 0 aromatic carbocycles. The molecule has 0 spiro atoms. The van der Waals surface area contributed by atoms with E-state index < -0.39 is 0 Å². The van der Waals surface area contributed by atoms with Crippen molar-refractivity contribution in [1.29, 1.82) is 0 Å². The summed E-state index contributed by atoms with van der Waals surface area (Å²) in [6, 6.07) is 0. The van der Waals surface area contributed by atoms with Gasteiger partial charge in [-0.2, -0.15) is 0 Å². The molecular weight excluding hydrogens is 230 g/mol. The van der Waals surface area contributed by atoms with E-state index in [-0.39, 0.29) is 0 Å². The van der Waals surface area contributed by atoms with Crippen LogP contribution < -0.4 is 0 Å². The Morgan fingerprint density at radius 1 is 1.38 bits per heavy atom. The topological polar surface area (TPSA) is 0 Å². The number of rotatable bonds is 2. The van der Waals surface area contributed by atoms with Gasteiger partial charge in [0.2, 0.25) is 0 Å². The molecule has 0 aliphatic heterocycles. The van der Waals surface area contributed by atoms with Crippen molar-refractivity contribution >= 4 is 29.9 Å². The molecule has 0 radical (unpaired) electrons. The number of hydrogen-bond donors (Lipinski definition) is 0. The SMILES string of the molecule is C[Se]C1([Se]C)CC1C. The summed E-state index contributed by atoms with van der Waals surface area (Å²) in [5.41, 5.74) is 0. The van der Waals surface area contributed by atoms with E-state index in [0.29, 0.717) is 0 Å². The fourth-order valence-electron chi connectivity index (χ4n) is 1.02. The molecule has 8 heavy (non-hydrogen) atoms. The Morgan fingerprint density at radius 2 is 1.75 bits per heavy atom. The molecule has 0 aromatic heterocycles. The number of hydrogen-bond acceptors (Lipinski definition) is 0. The first-order valence-electron chi connectivity index (χ1n) is 2.85. The van der Waals surface area contributed by atoms with Crippen molar-refractivity contribution in [2.45, 2.75) is 28.2 Å². The van der Waals surface area contributed by atoms with E-state index >= 15 is 0 Å². The van der Waals surface area contributed by atoms with Gasteiger partial charge >= 0.3 is 64.0 Å². The van der Waals surface area contributed by atoms with Crippen LogP contribution in [-0.4, -0.2) is 29.9 Å². The van der Waals surface area contributed by atoms with Gasteiger partial charge in [-0.25, -0.2) is 0 Å². The van der Waals surface area contributed by atoms with E-state index in [9.17, 15) is 0 Å². The van der Waals surface area contributed by atoms with Crippen molar-refractivity contribution in [2.75, 3.05) is 0 Å². The molecule has 1 atom stereocenters. The molecule has 1 fully saturated rings. The third-order valence-electron chi connectivity index (χ3n) is 1.87. The van der Waals surface area contributed by atoms with Crippen LogP contribution in [0.25, 0.3) is 0 Å². The molecular formula is C6H12Se2. The summed E-state index contributed by atoms with van der Waals surface area (Å²) >= 11 is 1.86. The summed E-state index contributed by atoms with van der Waals surface area (Å²) in [5.74, 6) is 5.86. The van der Waals surface area contributed by atoms with Crippen molar-refractivity contribution in [1.82, 2.24) is 0 Å². The zero-order valence-corrected chi connectivity index (χ0v) is 9.03. The molecule has 0 bridgehead atoms. The normalized spacial score (nSPS) is 32.6. The first kappa shape index (κ1) is 7.15. The second kappa shape index (κ2) is 2.34. The van der Waals surface area contributed by atoms with E-state index in [1.807, 2.05) is 0 Å². The van der Waals surface area contributed by atoms with Gasteiger partial charge in [0.1, 0.15) is 0 Å². The third-order valence-corrected chi connectivity index (χ3v) is 10.8. The molecule has 1 unspecified atom stereocenters. The average molecular weight is 242 g/mol. The first-order chi connectivity index (χ1) is 3.75. The van der Waals surface area contributed by atoms with Crippen LogP contribution in [0.4, 0.5) is 0 Å². The van der Waals surface area contributed by atoms with Crippen molar-refractivity contribution < 1.29 is 0 Å². The molecule has 1 aliphatic rings. The molecule has 0 nitrogen and oxygen atoms in total. The van der Waals surface area contributed by atoms with Gasteiger partial charge < -0.3 is 0 Å². The van der Waals surface area contributed by atoms with Gasteiger partial charge in [0.25, 0.3) is 0 Å². The molecule has 0 amide bonds. The van der Waals surface area contributed by atoms with E-state index in [1.165, 1.54) is 0 Å². The van der Waals surface area contributed by atoms with E-state index in [0.717, 1.165) is 39.0 Å². The molecule has 48 valence electrons. The zero-order valence-electron chi connectivity index (χ0n) is 5.60. The second-order valence-corrected chi connectivity index (χ2v) is 8.41. The Labute approximate surface area is 64.1 Å². The van der Waals surface area contributed by atoms with E-state index in [1.54, 1.807) is 6.42 Å². The predicted octanol–water partition coefficient (Wildman–Crippen LogP) is 1.65. The monoisotopic (exact) mass is 244 g/mol. The first-order valence-corrected chi connectivity index (χ1v) is 7.99. The fourth-order valence-corrected chi connectivity index (χ4v) is 6.62. The average Bonchev–Trinajstić information content (AvgIpc) is 2.43. The summed E-state index contributed by atoms with van der Waals surface area (Å²) in [7, 11) is 0. The maximum absolute atomic E-state index is 2.40. The molecule has 1 saturated carbocycles. The van der Waals surface area contributed by atoms with Gasteiger partial charge in [-0.05, 0) is 0 Å². The summed E-state index contributed by atoms with van der Waals surface area (Å²) < 4.78 is 0.917. The van der Waals surface area contributed by atoms with Gasteiger partial charge in [-0.1, -0.05) is 0 Å². The second-order valence-electron chi connectivity index (χ2n) is 2.33. The van der Waals surface area contributed by atoms with Crippen molar-refractivity contribution in [2.24, 2.45) is 5.92 Å². The van der Waals surface area contributed by atoms with Crippen LogP contribution in [0, 0.1) is 5.92 Å². The van der Waals surface area contributed by atoms with Gasteiger partial charge in [0.15, 0.2) is 0 Å². The third kappa shape index (κ3) is 0.998. The van der Waals surface area contributed by atoms with Crippen LogP contribution >= 0.6 is 0 Å². The summed E-state index contributed by atoms with van der Waals surface area (Å²) in [6.45, 7) is 2.40. The summed E-state index contributed by atoms with van der Waals surface area (Å²) in [4.78, 5) is 0. The van der Waals surface area contributed by atoms with E-state index in [4.69, 9.17) is 0 Å². The minimum absolute atomic E-state index is 0.917. The van der Waals surface area contributed by atoms with Gasteiger partial charge in [-0.15, -0.1) is 0 Å². The van der Waals surface area contributed by atoms with Crippen LogP contribution in [-0.2, 0) is 0 Å². The van der Waals surface area contributed by atoms with Gasteiger partial charge in [-0.3, -0.25) is 0 Å². The van der Waals surface area contributed by atoms with Crippen LogP contribution in [0.15, 0.2) is 0 Å². The molecule has 1 aliphatic carbocycles. The minimum atomic E-state index is 0.917. The van der Waals surface area contributed by atoms with Crippen LogP contribution in [0.3, 0.4) is 0 Å². The summed E-state index contributed by atoms with van der Waals surface area (Å²) in [6.07, 6.45) is 1.54. The Balaban J connectivity index is 2.39. The molecule has 0 N–H and O–H groups in total. The predicted molar refractivity (Wildman–Crippen MR) is 39.7 cm³/mol. The molecule has 0 saturated heterocycles. The Bertz CT molecular complexity index is 81.0. The Hall–Kier alpha value is 1.04. The van der Waals surface area contributed by atoms with Crippen LogP contribution in [0.1, 0.15) is 13.3 Å². The van der Waals surface area contributed by atoms with E-state index in [2.05, 4.69) is 18.6 Å². The quantitative estimate of drug-likeness (QED) is 0.646. The Morgan fingerprint density at radius 3 is 1.75 bits per heavy atom. The molecule has 0 aromatic rings. The maximum atomic E-state index is 2.40. The Kier molecular flexibility index (Phi) is 2.09. The van der Waals surface area contributed by atoms with Crippen LogP contribution in [0.2, 0.25) is 14.9 Å².